The molecule has 164 valence electrons. The van der Waals surface area contributed by atoms with Crippen LogP contribution in [-0.2, 0) is 11.5 Å². The third kappa shape index (κ3) is 5.93. The number of carbonyl (C=O) groups is 2. The average molecular weight is 437 g/mol. The summed E-state index contributed by atoms with van der Waals surface area (Å²) in [5.74, 6) is -2.13. The Morgan fingerprint density at radius 3 is 2.50 bits per heavy atom. The van der Waals surface area contributed by atoms with E-state index in [1.54, 1.807) is 25.1 Å². The minimum Gasteiger partial charge on any atom is -0.483 e. The number of carboxylic acids is 1. The van der Waals surface area contributed by atoms with Crippen molar-refractivity contribution in [3.63, 3.8) is 0 Å². The highest BCUT2D eigenvalue weighted by Crippen LogP contribution is 2.30. The SMILES string of the molecule is CNC(=O)c1c(O[C@@H](C)c2ccccc2F)cc(C(=O)O)n1COCC[Si](C)(C)C. The lowest BCUT2D eigenvalue weighted by Crippen LogP contribution is -2.26. The van der Waals surface area contributed by atoms with Crippen LogP contribution in [-0.4, -0.2) is 43.3 Å². The molecule has 0 fully saturated rings. The van der Waals surface area contributed by atoms with E-state index >= 15 is 0 Å². The Morgan fingerprint density at radius 1 is 1.27 bits per heavy atom. The second-order valence-corrected chi connectivity index (χ2v) is 13.8. The van der Waals surface area contributed by atoms with E-state index in [0.717, 1.165) is 6.04 Å². The van der Waals surface area contributed by atoms with E-state index in [-0.39, 0.29) is 23.9 Å². The number of carbonyl (C=O) groups excluding carboxylic acids is 1. The lowest BCUT2D eigenvalue weighted by molar-refractivity contribution is 0.0612. The molecular formula is C21H29FN2O5Si. The molecule has 30 heavy (non-hydrogen) atoms. The van der Waals surface area contributed by atoms with Crippen LogP contribution in [0.5, 0.6) is 5.75 Å². The number of hydrogen-bond donors (Lipinski definition) is 2. The van der Waals surface area contributed by atoms with Gasteiger partial charge >= 0.3 is 5.97 Å². The molecule has 1 aromatic heterocycles. The van der Waals surface area contributed by atoms with Crippen LogP contribution in [0.1, 0.15) is 39.6 Å². The first kappa shape index (κ1) is 23.6. The first-order valence-corrected chi connectivity index (χ1v) is 13.4. The summed E-state index contributed by atoms with van der Waals surface area (Å²) in [6.07, 6.45) is -0.736. The van der Waals surface area contributed by atoms with Crippen molar-refractivity contribution in [2.75, 3.05) is 13.7 Å². The van der Waals surface area contributed by atoms with Gasteiger partial charge in [0.05, 0.1) is 0 Å². The predicted octanol–water partition coefficient (Wildman–Crippen LogP) is 4.14. The summed E-state index contributed by atoms with van der Waals surface area (Å²) >= 11 is 0. The Bertz CT molecular complexity index is 907. The van der Waals surface area contributed by atoms with Gasteiger partial charge < -0.3 is 24.5 Å². The molecule has 0 radical (unpaired) electrons. The highest BCUT2D eigenvalue weighted by atomic mass is 28.3. The van der Waals surface area contributed by atoms with E-state index in [2.05, 4.69) is 25.0 Å². The second kappa shape index (κ2) is 9.90. The Hall–Kier alpha value is -2.65. The molecule has 2 N–H and O–H groups in total. The molecule has 0 aliphatic heterocycles. The standard InChI is InChI=1S/C21H29FN2O5Si/c1-14(15-8-6-7-9-16(15)22)29-18-12-17(21(26)27)24(19(18)20(25)23-2)13-28-10-11-30(3,4)5/h6-9,12,14H,10-11,13H2,1-5H3,(H,23,25)(H,26,27)/t14-/m0/s1. The van der Waals surface area contributed by atoms with Crippen LogP contribution in [0, 0.1) is 5.82 Å². The molecule has 0 unspecified atom stereocenters. The Balaban J connectivity index is 2.36. The first-order valence-electron chi connectivity index (χ1n) is 9.73. The van der Waals surface area contributed by atoms with Crippen molar-refractivity contribution < 1.29 is 28.6 Å². The number of rotatable bonds is 10. The van der Waals surface area contributed by atoms with Crippen LogP contribution in [0.25, 0.3) is 0 Å². The largest absolute Gasteiger partial charge is 0.483 e. The van der Waals surface area contributed by atoms with Crippen molar-refractivity contribution in [2.45, 2.75) is 45.4 Å². The highest BCUT2D eigenvalue weighted by molar-refractivity contribution is 6.76. The van der Waals surface area contributed by atoms with Crippen molar-refractivity contribution in [1.29, 1.82) is 0 Å². The number of nitrogens with zero attached hydrogens (tertiary/aromatic N) is 1. The molecule has 9 heteroatoms. The molecule has 0 saturated carbocycles. The van der Waals surface area contributed by atoms with Gasteiger partial charge in [-0.15, -0.1) is 0 Å². The molecule has 1 atom stereocenters. The first-order chi connectivity index (χ1) is 14.0. The molecule has 7 nitrogen and oxygen atoms in total. The van der Waals surface area contributed by atoms with Crippen LogP contribution < -0.4 is 10.1 Å². The normalized spacial score (nSPS) is 12.5. The molecule has 0 spiro atoms. The predicted molar refractivity (Wildman–Crippen MR) is 114 cm³/mol. The number of aromatic carboxylic acids is 1. The maximum Gasteiger partial charge on any atom is 0.352 e. The Kier molecular flexibility index (Phi) is 7.80. The number of aromatic nitrogens is 1. The molecule has 0 aliphatic carbocycles. The summed E-state index contributed by atoms with van der Waals surface area (Å²) in [6.45, 7) is 8.62. The molecular weight excluding hydrogens is 407 g/mol. The third-order valence-corrected chi connectivity index (χ3v) is 6.29. The van der Waals surface area contributed by atoms with E-state index in [1.165, 1.54) is 23.7 Å². The van der Waals surface area contributed by atoms with Crippen LogP contribution in [0.4, 0.5) is 4.39 Å². The fourth-order valence-corrected chi connectivity index (χ4v) is 3.63. The number of hydrogen-bond acceptors (Lipinski definition) is 4. The summed E-state index contributed by atoms with van der Waals surface area (Å²) in [5.41, 5.74) is 0.180. The Labute approximate surface area is 176 Å². The van der Waals surface area contributed by atoms with Gasteiger partial charge in [0.25, 0.3) is 5.91 Å². The van der Waals surface area contributed by atoms with Gasteiger partial charge in [0.1, 0.15) is 24.3 Å². The van der Waals surface area contributed by atoms with E-state index in [0.29, 0.717) is 12.2 Å². The topological polar surface area (TPSA) is 89.8 Å². The average Bonchev–Trinajstić information content (AvgIpc) is 3.02. The minimum atomic E-state index is -1.32. The quantitative estimate of drug-likeness (QED) is 0.432. The molecule has 0 bridgehead atoms. The Morgan fingerprint density at radius 2 is 1.93 bits per heavy atom. The zero-order valence-electron chi connectivity index (χ0n) is 18.0. The van der Waals surface area contributed by atoms with Crippen molar-refractivity contribution in [2.24, 2.45) is 0 Å². The van der Waals surface area contributed by atoms with Gasteiger partial charge in [-0.2, -0.15) is 0 Å². The van der Waals surface area contributed by atoms with Crippen LogP contribution in [0.3, 0.4) is 0 Å². The maximum absolute atomic E-state index is 14.1. The molecule has 1 aromatic carbocycles. The van der Waals surface area contributed by atoms with Crippen molar-refractivity contribution >= 4 is 20.0 Å². The molecule has 1 amide bonds. The lowest BCUT2D eigenvalue weighted by atomic mass is 10.1. The van der Waals surface area contributed by atoms with Gasteiger partial charge in [-0.05, 0) is 19.0 Å². The number of halogens is 1. The maximum atomic E-state index is 14.1. The van der Waals surface area contributed by atoms with E-state index in [4.69, 9.17) is 9.47 Å². The third-order valence-electron chi connectivity index (χ3n) is 4.59. The summed E-state index contributed by atoms with van der Waals surface area (Å²) in [4.78, 5) is 24.3. The van der Waals surface area contributed by atoms with Gasteiger partial charge in [0.15, 0.2) is 11.4 Å². The van der Waals surface area contributed by atoms with Crippen molar-refractivity contribution in [3.05, 3.63) is 53.1 Å². The van der Waals surface area contributed by atoms with E-state index < -0.39 is 31.9 Å². The van der Waals surface area contributed by atoms with Crippen molar-refractivity contribution in [3.8, 4) is 5.75 Å². The van der Waals surface area contributed by atoms with Crippen LogP contribution in [0.2, 0.25) is 25.7 Å². The lowest BCUT2D eigenvalue weighted by Gasteiger charge is -2.18. The number of amides is 1. The van der Waals surface area contributed by atoms with Gasteiger partial charge in [-0.1, -0.05) is 37.8 Å². The molecule has 1 heterocycles. The molecule has 0 saturated heterocycles. The minimum absolute atomic E-state index is 0.0195. The zero-order chi connectivity index (χ0) is 22.5. The van der Waals surface area contributed by atoms with Crippen LogP contribution in [0.15, 0.2) is 30.3 Å². The number of benzene rings is 1. The van der Waals surface area contributed by atoms with E-state index in [1.807, 2.05) is 0 Å². The fourth-order valence-electron chi connectivity index (χ4n) is 2.87. The molecule has 0 aliphatic rings. The summed E-state index contributed by atoms with van der Waals surface area (Å²) in [5, 5.41) is 12.1. The highest BCUT2D eigenvalue weighted by Gasteiger charge is 2.27. The zero-order valence-corrected chi connectivity index (χ0v) is 19.0. The smallest absolute Gasteiger partial charge is 0.352 e. The fraction of sp³-hybridized carbons (Fsp3) is 0.429. The summed E-state index contributed by atoms with van der Waals surface area (Å²) in [6, 6.07) is 8.31. The monoisotopic (exact) mass is 436 g/mol. The molecule has 2 rings (SSSR count). The summed E-state index contributed by atoms with van der Waals surface area (Å²) < 4.78 is 26.9. The van der Waals surface area contributed by atoms with E-state index in [9.17, 15) is 19.1 Å². The van der Waals surface area contributed by atoms with Gasteiger partial charge in [-0.3, -0.25) is 4.79 Å². The van der Waals surface area contributed by atoms with Gasteiger partial charge in [-0.25, -0.2) is 9.18 Å². The number of carboxylic acid groups (broad SMARTS) is 1. The van der Waals surface area contributed by atoms with Crippen molar-refractivity contribution in [1.82, 2.24) is 9.88 Å². The van der Waals surface area contributed by atoms with Gasteiger partial charge in [0, 0.05) is 33.4 Å². The molecule has 2 aromatic rings. The van der Waals surface area contributed by atoms with Gasteiger partial charge in [0.2, 0.25) is 0 Å². The summed E-state index contributed by atoms with van der Waals surface area (Å²) in [7, 11) is 0.118. The second-order valence-electron chi connectivity index (χ2n) is 8.18. The number of ether oxygens (including phenoxy) is 2. The number of nitrogens with one attached hydrogen (secondary N) is 1. The van der Waals surface area contributed by atoms with Crippen LogP contribution >= 0.6 is 0 Å².